The van der Waals surface area contributed by atoms with E-state index in [1.165, 1.54) is 19.1 Å². The number of nitrogens with one attached hydrogen (secondary N) is 3. The second-order valence-electron chi connectivity index (χ2n) is 4.87. The molecule has 3 amide bonds. The molecule has 0 saturated heterocycles. The van der Waals surface area contributed by atoms with Gasteiger partial charge in [0.2, 0.25) is 5.91 Å². The highest BCUT2D eigenvalue weighted by molar-refractivity contribution is 5.96. The van der Waals surface area contributed by atoms with Crippen LogP contribution in [0.3, 0.4) is 0 Å². The first kappa shape index (κ1) is 16.6. The van der Waals surface area contributed by atoms with Gasteiger partial charge in [0.05, 0.1) is 0 Å². The minimum atomic E-state index is -0.754. The average molecular weight is 295 g/mol. The van der Waals surface area contributed by atoms with Gasteiger partial charge in [-0.25, -0.2) is 4.39 Å². The molecule has 0 aliphatic heterocycles. The SMILES string of the molecule is CC(=O)N[C@H](C(=O)NNC(=O)c1ccc(F)cc1)C(C)C. The summed E-state index contributed by atoms with van der Waals surface area (Å²) in [7, 11) is 0. The first-order valence-corrected chi connectivity index (χ1v) is 6.44. The Kier molecular flexibility index (Phi) is 5.83. The highest BCUT2D eigenvalue weighted by Gasteiger charge is 2.23. The van der Waals surface area contributed by atoms with Crippen LogP contribution in [0.4, 0.5) is 4.39 Å². The van der Waals surface area contributed by atoms with E-state index >= 15 is 0 Å². The predicted molar refractivity (Wildman–Crippen MR) is 74.5 cm³/mol. The van der Waals surface area contributed by atoms with E-state index in [9.17, 15) is 18.8 Å². The number of amides is 3. The minimum absolute atomic E-state index is 0.142. The number of rotatable bonds is 4. The minimum Gasteiger partial charge on any atom is -0.344 e. The molecule has 21 heavy (non-hydrogen) atoms. The number of hydrazine groups is 1. The van der Waals surface area contributed by atoms with Gasteiger partial charge in [0.15, 0.2) is 0 Å². The topological polar surface area (TPSA) is 87.3 Å². The fraction of sp³-hybridized carbons (Fsp3) is 0.357. The lowest BCUT2D eigenvalue weighted by Gasteiger charge is -2.21. The molecule has 114 valence electrons. The third-order valence-electron chi connectivity index (χ3n) is 2.71. The molecule has 0 fully saturated rings. The summed E-state index contributed by atoms with van der Waals surface area (Å²) in [6, 6.07) is 4.13. The van der Waals surface area contributed by atoms with Crippen LogP contribution in [-0.2, 0) is 9.59 Å². The normalized spacial score (nSPS) is 11.7. The summed E-state index contributed by atoms with van der Waals surface area (Å²) in [5, 5.41) is 2.50. The summed E-state index contributed by atoms with van der Waals surface area (Å²) in [5.74, 6) is -2.05. The molecule has 0 aromatic heterocycles. The van der Waals surface area contributed by atoms with E-state index in [4.69, 9.17) is 0 Å². The second kappa shape index (κ2) is 7.37. The van der Waals surface area contributed by atoms with Gasteiger partial charge < -0.3 is 5.32 Å². The van der Waals surface area contributed by atoms with Crippen LogP contribution in [0.2, 0.25) is 0 Å². The Labute approximate surface area is 122 Å². The maximum absolute atomic E-state index is 12.7. The molecule has 7 heteroatoms. The van der Waals surface area contributed by atoms with Crippen LogP contribution in [0, 0.1) is 11.7 Å². The number of hydrogen-bond acceptors (Lipinski definition) is 3. The van der Waals surface area contributed by atoms with E-state index in [1.807, 2.05) is 0 Å². The first-order chi connectivity index (χ1) is 9.81. The maximum Gasteiger partial charge on any atom is 0.269 e. The molecule has 0 saturated carbocycles. The van der Waals surface area contributed by atoms with E-state index in [1.54, 1.807) is 13.8 Å². The summed E-state index contributed by atoms with van der Waals surface area (Å²) in [6.07, 6.45) is 0. The molecule has 0 heterocycles. The van der Waals surface area contributed by atoms with Crippen molar-refractivity contribution in [3.8, 4) is 0 Å². The van der Waals surface area contributed by atoms with Crippen LogP contribution in [0.15, 0.2) is 24.3 Å². The molecule has 0 radical (unpaired) electrons. The predicted octanol–water partition coefficient (Wildman–Crippen LogP) is 0.747. The van der Waals surface area contributed by atoms with E-state index in [-0.39, 0.29) is 17.4 Å². The van der Waals surface area contributed by atoms with Gasteiger partial charge in [-0.1, -0.05) is 13.8 Å². The molecule has 0 spiro atoms. The Balaban J connectivity index is 2.60. The quantitative estimate of drug-likeness (QED) is 0.716. The molecular weight excluding hydrogens is 277 g/mol. The lowest BCUT2D eigenvalue weighted by Crippen LogP contribution is -2.54. The molecule has 1 atom stereocenters. The van der Waals surface area contributed by atoms with E-state index < -0.39 is 23.7 Å². The highest BCUT2D eigenvalue weighted by atomic mass is 19.1. The average Bonchev–Trinajstić information content (AvgIpc) is 2.42. The first-order valence-electron chi connectivity index (χ1n) is 6.44. The standard InChI is InChI=1S/C14H18FN3O3/c1-8(2)12(16-9(3)19)14(21)18-17-13(20)10-4-6-11(15)7-5-10/h4-8,12H,1-3H3,(H,16,19)(H,17,20)(H,18,21)/t12-/m0/s1. The Morgan fingerprint density at radius 1 is 1.05 bits per heavy atom. The van der Waals surface area contributed by atoms with Crippen LogP contribution in [0.1, 0.15) is 31.1 Å². The van der Waals surface area contributed by atoms with Crippen molar-refractivity contribution in [2.75, 3.05) is 0 Å². The van der Waals surface area contributed by atoms with Crippen LogP contribution in [0.25, 0.3) is 0 Å². The fourth-order valence-electron chi connectivity index (χ4n) is 1.62. The monoisotopic (exact) mass is 295 g/mol. The molecule has 6 nitrogen and oxygen atoms in total. The Hall–Kier alpha value is -2.44. The van der Waals surface area contributed by atoms with Crippen molar-refractivity contribution in [3.05, 3.63) is 35.6 Å². The van der Waals surface area contributed by atoms with Crippen LogP contribution in [-0.4, -0.2) is 23.8 Å². The number of carbonyl (C=O) groups excluding carboxylic acids is 3. The number of benzene rings is 1. The van der Waals surface area contributed by atoms with Crippen molar-refractivity contribution in [2.24, 2.45) is 5.92 Å². The number of halogens is 1. The Bertz CT molecular complexity index is 529. The summed E-state index contributed by atoms with van der Waals surface area (Å²) in [5.41, 5.74) is 4.66. The van der Waals surface area contributed by atoms with Gasteiger partial charge in [0, 0.05) is 12.5 Å². The van der Waals surface area contributed by atoms with Gasteiger partial charge in [-0.2, -0.15) is 0 Å². The van der Waals surface area contributed by atoms with Crippen molar-refractivity contribution in [1.29, 1.82) is 0 Å². The summed E-state index contributed by atoms with van der Waals surface area (Å²) in [6.45, 7) is 4.84. The lowest BCUT2D eigenvalue weighted by atomic mass is 10.0. The molecule has 1 aromatic rings. The van der Waals surface area contributed by atoms with Gasteiger partial charge in [0.25, 0.3) is 11.8 Å². The smallest absolute Gasteiger partial charge is 0.269 e. The van der Waals surface area contributed by atoms with Gasteiger partial charge in [-0.3, -0.25) is 25.2 Å². The largest absolute Gasteiger partial charge is 0.344 e. The van der Waals surface area contributed by atoms with Crippen molar-refractivity contribution < 1.29 is 18.8 Å². The molecule has 1 aromatic carbocycles. The highest BCUT2D eigenvalue weighted by Crippen LogP contribution is 2.03. The van der Waals surface area contributed by atoms with Crippen LogP contribution >= 0.6 is 0 Å². The molecule has 0 aliphatic rings. The molecular formula is C14H18FN3O3. The third-order valence-corrected chi connectivity index (χ3v) is 2.71. The zero-order valence-corrected chi connectivity index (χ0v) is 12.1. The van der Waals surface area contributed by atoms with E-state index in [0.29, 0.717) is 0 Å². The maximum atomic E-state index is 12.7. The number of hydrogen-bond donors (Lipinski definition) is 3. The third kappa shape index (κ3) is 5.21. The molecule has 0 unspecified atom stereocenters. The zero-order chi connectivity index (χ0) is 16.0. The zero-order valence-electron chi connectivity index (χ0n) is 12.1. The van der Waals surface area contributed by atoms with Gasteiger partial charge >= 0.3 is 0 Å². The Morgan fingerprint density at radius 2 is 1.62 bits per heavy atom. The summed E-state index contributed by atoms with van der Waals surface area (Å²) < 4.78 is 12.7. The lowest BCUT2D eigenvalue weighted by molar-refractivity contribution is -0.129. The summed E-state index contributed by atoms with van der Waals surface area (Å²) >= 11 is 0. The molecule has 3 N–H and O–H groups in total. The molecule has 0 aliphatic carbocycles. The van der Waals surface area contributed by atoms with Crippen molar-refractivity contribution in [3.63, 3.8) is 0 Å². The fourth-order valence-corrected chi connectivity index (χ4v) is 1.62. The Morgan fingerprint density at radius 3 is 2.10 bits per heavy atom. The van der Waals surface area contributed by atoms with Crippen LogP contribution in [0.5, 0.6) is 0 Å². The summed E-state index contributed by atoms with van der Waals surface area (Å²) in [4.78, 5) is 34.7. The molecule has 0 bridgehead atoms. The van der Waals surface area contributed by atoms with Gasteiger partial charge in [-0.15, -0.1) is 0 Å². The van der Waals surface area contributed by atoms with Crippen LogP contribution < -0.4 is 16.2 Å². The van der Waals surface area contributed by atoms with Crippen molar-refractivity contribution >= 4 is 17.7 Å². The van der Waals surface area contributed by atoms with E-state index in [2.05, 4.69) is 16.2 Å². The van der Waals surface area contributed by atoms with Crippen molar-refractivity contribution in [1.82, 2.24) is 16.2 Å². The van der Waals surface area contributed by atoms with Gasteiger partial charge in [0.1, 0.15) is 11.9 Å². The molecule has 1 rings (SSSR count). The van der Waals surface area contributed by atoms with E-state index in [0.717, 1.165) is 12.1 Å². The van der Waals surface area contributed by atoms with Crippen molar-refractivity contribution in [2.45, 2.75) is 26.8 Å². The number of carbonyl (C=O) groups is 3. The van der Waals surface area contributed by atoms with Gasteiger partial charge in [-0.05, 0) is 30.2 Å². The second-order valence-corrected chi connectivity index (χ2v) is 4.87.